The highest BCUT2D eigenvalue weighted by atomic mass is 35.5. The molecule has 0 saturated heterocycles. The van der Waals surface area contributed by atoms with E-state index in [1.165, 1.54) is 0 Å². The number of halogens is 1. The molecule has 6 nitrogen and oxygen atoms in total. The summed E-state index contributed by atoms with van der Waals surface area (Å²) in [4.78, 5) is 12.5. The van der Waals surface area contributed by atoms with Gasteiger partial charge in [0.25, 0.3) is 0 Å². The molecule has 0 unspecified atom stereocenters. The molecule has 0 atom stereocenters. The topological polar surface area (TPSA) is 80.2 Å². The fourth-order valence-corrected chi connectivity index (χ4v) is 4.70. The van der Waals surface area contributed by atoms with Crippen LogP contribution in [0.1, 0.15) is 39.5 Å². The number of aromatic nitrogens is 1. The number of hydrogen-bond acceptors (Lipinski definition) is 3. The second kappa shape index (κ2) is 8.84. The monoisotopic (exact) mass is 425 g/mol. The third-order valence-electron chi connectivity index (χ3n) is 5.48. The van der Waals surface area contributed by atoms with E-state index in [-0.39, 0.29) is 18.5 Å². The molecule has 1 aromatic carbocycles. The molecule has 2 N–H and O–H groups in total. The van der Waals surface area contributed by atoms with Crippen molar-refractivity contribution in [1.82, 2.24) is 14.6 Å². The molecule has 0 aliphatic heterocycles. The van der Waals surface area contributed by atoms with Gasteiger partial charge in [0.2, 0.25) is 15.9 Å². The van der Waals surface area contributed by atoms with Crippen LogP contribution in [0.4, 0.5) is 0 Å². The Balaban J connectivity index is 1.47. The zero-order valence-corrected chi connectivity index (χ0v) is 17.9. The third kappa shape index (κ3) is 5.07. The van der Waals surface area contributed by atoms with Crippen LogP contribution in [-0.4, -0.2) is 36.7 Å². The zero-order valence-electron chi connectivity index (χ0n) is 16.3. The summed E-state index contributed by atoms with van der Waals surface area (Å²) in [7, 11) is -3.21. The summed E-state index contributed by atoms with van der Waals surface area (Å²) in [5.41, 5.74) is 0.948. The first-order chi connectivity index (χ1) is 13.3. The van der Waals surface area contributed by atoms with Gasteiger partial charge in [-0.05, 0) is 63.6 Å². The second-order valence-corrected chi connectivity index (χ2v) is 10.6. The maximum Gasteiger partial charge on any atom is 0.240 e. The Labute approximate surface area is 171 Å². The number of nitrogens with zero attached hydrogens (tertiary/aromatic N) is 1. The SMILES string of the molecule is CC(C)S(=O)(=O)NCC1CCC(NC(=O)Cn2ccc3c(Cl)cccc32)CC1. The second-order valence-electron chi connectivity index (χ2n) is 7.84. The van der Waals surface area contributed by atoms with E-state index in [2.05, 4.69) is 10.0 Å². The quantitative estimate of drug-likeness (QED) is 0.714. The van der Waals surface area contributed by atoms with Crippen LogP contribution in [-0.2, 0) is 21.4 Å². The average molecular weight is 426 g/mol. The van der Waals surface area contributed by atoms with Gasteiger partial charge in [0.05, 0.1) is 5.25 Å². The molecule has 8 heteroatoms. The predicted octanol–water partition coefficient (Wildman–Crippen LogP) is 3.30. The van der Waals surface area contributed by atoms with Crippen LogP contribution in [0.3, 0.4) is 0 Å². The summed E-state index contributed by atoms with van der Waals surface area (Å²) in [6, 6.07) is 7.75. The first-order valence-electron chi connectivity index (χ1n) is 9.77. The Morgan fingerprint density at radius 2 is 1.93 bits per heavy atom. The minimum atomic E-state index is -3.21. The molecule has 154 valence electrons. The number of hydrogen-bond donors (Lipinski definition) is 2. The fourth-order valence-electron chi connectivity index (χ4n) is 3.66. The van der Waals surface area contributed by atoms with Crippen molar-refractivity contribution >= 4 is 38.4 Å². The van der Waals surface area contributed by atoms with Crippen molar-refractivity contribution in [3.05, 3.63) is 35.5 Å². The van der Waals surface area contributed by atoms with Gasteiger partial charge >= 0.3 is 0 Å². The van der Waals surface area contributed by atoms with Gasteiger partial charge in [-0.25, -0.2) is 13.1 Å². The lowest BCUT2D eigenvalue weighted by atomic mass is 9.86. The first kappa shape index (κ1) is 21.1. The van der Waals surface area contributed by atoms with Gasteiger partial charge in [0.1, 0.15) is 6.54 Å². The van der Waals surface area contributed by atoms with Crippen molar-refractivity contribution in [2.45, 2.75) is 57.4 Å². The lowest BCUT2D eigenvalue weighted by Crippen LogP contribution is -2.41. The Hall–Kier alpha value is -1.57. The molecule has 1 fully saturated rings. The first-order valence-corrected chi connectivity index (χ1v) is 11.7. The van der Waals surface area contributed by atoms with Crippen LogP contribution in [0.15, 0.2) is 30.5 Å². The standard InChI is InChI=1S/C20H28ClN3O3S/c1-14(2)28(26,27)22-12-15-6-8-16(9-7-15)23-20(25)13-24-11-10-17-18(21)4-3-5-19(17)24/h3-5,10-11,14-16,22H,6-9,12-13H2,1-2H3,(H,23,25). The lowest BCUT2D eigenvalue weighted by molar-refractivity contribution is -0.122. The van der Waals surface area contributed by atoms with Crippen LogP contribution >= 0.6 is 11.6 Å². The minimum absolute atomic E-state index is 0.0126. The van der Waals surface area contributed by atoms with Gasteiger partial charge in [-0.15, -0.1) is 0 Å². The molecular formula is C20H28ClN3O3S. The van der Waals surface area contributed by atoms with E-state index in [4.69, 9.17) is 11.6 Å². The maximum absolute atomic E-state index is 12.5. The number of carbonyl (C=O) groups is 1. The molecule has 1 amide bonds. The molecule has 0 bridgehead atoms. The Morgan fingerprint density at radius 3 is 2.61 bits per heavy atom. The molecule has 0 radical (unpaired) electrons. The summed E-state index contributed by atoms with van der Waals surface area (Å²) >= 11 is 6.19. The molecule has 1 aromatic heterocycles. The lowest BCUT2D eigenvalue weighted by Gasteiger charge is -2.29. The summed E-state index contributed by atoms with van der Waals surface area (Å²) in [6.07, 6.45) is 5.45. The van der Waals surface area contributed by atoms with E-state index in [1.807, 2.05) is 35.0 Å². The summed E-state index contributed by atoms with van der Waals surface area (Å²) in [6.45, 7) is 4.10. The normalized spacial score (nSPS) is 20.6. The van der Waals surface area contributed by atoms with E-state index in [1.54, 1.807) is 13.8 Å². The van der Waals surface area contributed by atoms with Crippen molar-refractivity contribution in [2.75, 3.05) is 6.54 Å². The number of rotatable bonds is 7. The summed E-state index contributed by atoms with van der Waals surface area (Å²) < 4.78 is 28.4. The molecule has 1 aliphatic rings. The predicted molar refractivity (Wildman–Crippen MR) is 113 cm³/mol. The van der Waals surface area contributed by atoms with Gasteiger partial charge in [-0.2, -0.15) is 0 Å². The number of nitrogens with one attached hydrogen (secondary N) is 2. The number of sulfonamides is 1. The summed E-state index contributed by atoms with van der Waals surface area (Å²) in [5, 5.41) is 4.33. The molecule has 3 rings (SSSR count). The molecular weight excluding hydrogens is 398 g/mol. The van der Waals surface area contributed by atoms with Crippen LogP contribution in [0, 0.1) is 5.92 Å². The van der Waals surface area contributed by atoms with E-state index in [0.717, 1.165) is 36.6 Å². The van der Waals surface area contributed by atoms with Crippen molar-refractivity contribution < 1.29 is 13.2 Å². The van der Waals surface area contributed by atoms with Crippen molar-refractivity contribution in [2.24, 2.45) is 5.92 Å². The maximum atomic E-state index is 12.5. The number of fused-ring (bicyclic) bond motifs is 1. The molecule has 1 heterocycles. The van der Waals surface area contributed by atoms with E-state index in [9.17, 15) is 13.2 Å². The fraction of sp³-hybridized carbons (Fsp3) is 0.550. The Bertz CT molecular complexity index is 931. The molecule has 0 spiro atoms. The number of carbonyl (C=O) groups excluding carboxylic acids is 1. The van der Waals surface area contributed by atoms with Gasteiger partial charge in [0.15, 0.2) is 0 Å². The van der Waals surface area contributed by atoms with E-state index < -0.39 is 15.3 Å². The molecule has 28 heavy (non-hydrogen) atoms. The van der Waals surface area contributed by atoms with Crippen LogP contribution in [0.5, 0.6) is 0 Å². The number of benzene rings is 1. The largest absolute Gasteiger partial charge is 0.352 e. The van der Waals surface area contributed by atoms with Crippen molar-refractivity contribution in [3.8, 4) is 0 Å². The number of amides is 1. The van der Waals surface area contributed by atoms with Crippen LogP contribution in [0.2, 0.25) is 5.02 Å². The van der Waals surface area contributed by atoms with Crippen LogP contribution in [0.25, 0.3) is 10.9 Å². The van der Waals surface area contributed by atoms with Gasteiger partial charge < -0.3 is 9.88 Å². The zero-order chi connectivity index (χ0) is 20.3. The highest BCUT2D eigenvalue weighted by Crippen LogP contribution is 2.25. The highest BCUT2D eigenvalue weighted by Gasteiger charge is 2.24. The average Bonchev–Trinajstić information content (AvgIpc) is 3.05. The Kier molecular flexibility index (Phi) is 6.68. The van der Waals surface area contributed by atoms with Crippen molar-refractivity contribution in [3.63, 3.8) is 0 Å². The van der Waals surface area contributed by atoms with Crippen LogP contribution < -0.4 is 10.0 Å². The molecule has 1 aliphatic carbocycles. The molecule has 2 aromatic rings. The third-order valence-corrected chi connectivity index (χ3v) is 7.62. The van der Waals surface area contributed by atoms with Gasteiger partial charge in [-0.1, -0.05) is 17.7 Å². The van der Waals surface area contributed by atoms with E-state index in [0.29, 0.717) is 17.5 Å². The highest BCUT2D eigenvalue weighted by molar-refractivity contribution is 7.90. The van der Waals surface area contributed by atoms with Gasteiger partial charge in [-0.3, -0.25) is 4.79 Å². The summed E-state index contributed by atoms with van der Waals surface area (Å²) in [5.74, 6) is 0.318. The van der Waals surface area contributed by atoms with Gasteiger partial charge in [0, 0.05) is 34.7 Å². The van der Waals surface area contributed by atoms with Crippen molar-refractivity contribution in [1.29, 1.82) is 0 Å². The smallest absolute Gasteiger partial charge is 0.240 e. The molecule has 1 saturated carbocycles. The Morgan fingerprint density at radius 1 is 1.21 bits per heavy atom. The minimum Gasteiger partial charge on any atom is -0.352 e. The van der Waals surface area contributed by atoms with E-state index >= 15 is 0 Å².